The van der Waals surface area contributed by atoms with Crippen LogP contribution >= 0.6 is 0 Å². The van der Waals surface area contributed by atoms with E-state index in [1.807, 2.05) is 0 Å². The predicted octanol–water partition coefficient (Wildman–Crippen LogP) is 0.385. The molecule has 0 unspecified atom stereocenters. The van der Waals surface area contributed by atoms with Crippen molar-refractivity contribution >= 4 is 0 Å². The fourth-order valence-electron chi connectivity index (χ4n) is 0.193. The summed E-state index contributed by atoms with van der Waals surface area (Å²) in [5.74, 6) is -3.41. The minimum absolute atomic E-state index is 0.948. The highest BCUT2D eigenvalue weighted by atomic mass is 19.3. The van der Waals surface area contributed by atoms with Gasteiger partial charge in [0.1, 0.15) is 12.2 Å². The van der Waals surface area contributed by atoms with Crippen LogP contribution in [0.2, 0.25) is 0 Å². The van der Waals surface area contributed by atoms with Crippen molar-refractivity contribution in [2.75, 3.05) is 6.61 Å². The normalized spacial score (nSPS) is 14.0. The number of aliphatic hydroxyl groups is 2. The van der Waals surface area contributed by atoms with Gasteiger partial charge in [-0.25, -0.2) is 8.78 Å². The van der Waals surface area contributed by atoms with Crippen molar-refractivity contribution in [1.29, 1.82) is 0 Å². The summed E-state index contributed by atoms with van der Waals surface area (Å²) in [6, 6.07) is 0. The number of alkyl halides is 2. The molecule has 0 heterocycles. The first-order valence-electron chi connectivity index (χ1n) is 2.52. The van der Waals surface area contributed by atoms with E-state index in [0.717, 1.165) is 13.8 Å². The lowest BCUT2D eigenvalue weighted by atomic mass is 10.0. The zero-order chi connectivity index (χ0) is 7.71. The molecule has 0 aromatic heterocycles. The number of hydrogen-bond acceptors (Lipinski definition) is 2. The van der Waals surface area contributed by atoms with Crippen LogP contribution in [0.1, 0.15) is 13.8 Å². The lowest BCUT2D eigenvalue weighted by Crippen LogP contribution is -2.45. The van der Waals surface area contributed by atoms with Crippen LogP contribution in [0.4, 0.5) is 8.78 Å². The zero-order valence-electron chi connectivity index (χ0n) is 5.36. The SMILES string of the molecule is CC(C)(O)C(F)(F)CO. The first kappa shape index (κ1) is 8.78. The quantitative estimate of drug-likeness (QED) is 0.582. The number of hydrogen-bond donors (Lipinski definition) is 2. The fourth-order valence-corrected chi connectivity index (χ4v) is 0.193. The topological polar surface area (TPSA) is 40.5 Å². The summed E-state index contributed by atoms with van der Waals surface area (Å²) >= 11 is 0. The summed E-state index contributed by atoms with van der Waals surface area (Å²) in [4.78, 5) is 0. The molecule has 0 saturated carbocycles. The molecule has 0 aromatic carbocycles. The molecule has 0 aromatic rings. The first-order valence-corrected chi connectivity index (χ1v) is 2.52. The summed E-state index contributed by atoms with van der Waals surface area (Å²) < 4.78 is 24.3. The number of aliphatic hydroxyl groups excluding tert-OH is 1. The van der Waals surface area contributed by atoms with E-state index in [-0.39, 0.29) is 0 Å². The molecular formula is C5H10F2O2. The van der Waals surface area contributed by atoms with Crippen molar-refractivity contribution in [3.8, 4) is 0 Å². The molecule has 2 nitrogen and oxygen atoms in total. The summed E-state index contributed by atoms with van der Waals surface area (Å²) in [5, 5.41) is 16.7. The monoisotopic (exact) mass is 140 g/mol. The van der Waals surface area contributed by atoms with Crippen molar-refractivity contribution in [2.45, 2.75) is 25.4 Å². The van der Waals surface area contributed by atoms with Crippen LogP contribution in [-0.2, 0) is 0 Å². The Bertz CT molecular complexity index is 95.6. The third-order valence-corrected chi connectivity index (χ3v) is 1.09. The average molecular weight is 140 g/mol. The van der Waals surface area contributed by atoms with E-state index in [0.29, 0.717) is 0 Å². The molecule has 0 radical (unpaired) electrons. The third kappa shape index (κ3) is 1.87. The molecule has 0 bridgehead atoms. The smallest absolute Gasteiger partial charge is 0.298 e. The second kappa shape index (κ2) is 2.19. The van der Waals surface area contributed by atoms with Gasteiger partial charge >= 0.3 is 0 Å². The van der Waals surface area contributed by atoms with Gasteiger partial charge in [0.15, 0.2) is 0 Å². The van der Waals surface area contributed by atoms with E-state index in [9.17, 15) is 8.78 Å². The molecule has 2 N–H and O–H groups in total. The molecule has 0 aliphatic heterocycles. The highest BCUT2D eigenvalue weighted by molar-refractivity contribution is 4.83. The average Bonchev–Trinajstić information content (AvgIpc) is 1.64. The summed E-state index contributed by atoms with van der Waals surface area (Å²) in [7, 11) is 0. The largest absolute Gasteiger partial charge is 0.390 e. The molecule has 0 amide bonds. The lowest BCUT2D eigenvalue weighted by molar-refractivity contribution is -0.182. The van der Waals surface area contributed by atoms with Crippen LogP contribution in [0.3, 0.4) is 0 Å². The summed E-state index contributed by atoms with van der Waals surface area (Å²) in [6.07, 6.45) is 0. The molecule has 0 atom stereocenters. The van der Waals surface area contributed by atoms with Gasteiger partial charge in [-0.2, -0.15) is 0 Å². The van der Waals surface area contributed by atoms with E-state index in [1.54, 1.807) is 0 Å². The molecule has 0 saturated heterocycles. The van der Waals surface area contributed by atoms with Crippen molar-refractivity contribution in [3.63, 3.8) is 0 Å². The van der Waals surface area contributed by atoms with Crippen LogP contribution in [0.5, 0.6) is 0 Å². The molecule has 0 fully saturated rings. The minimum atomic E-state index is -3.41. The van der Waals surface area contributed by atoms with Crippen molar-refractivity contribution < 1.29 is 19.0 Å². The van der Waals surface area contributed by atoms with Crippen molar-refractivity contribution in [1.82, 2.24) is 0 Å². The minimum Gasteiger partial charge on any atom is -0.390 e. The second-order valence-corrected chi connectivity index (χ2v) is 2.42. The van der Waals surface area contributed by atoms with Gasteiger partial charge in [-0.15, -0.1) is 0 Å². The molecular weight excluding hydrogens is 130 g/mol. The van der Waals surface area contributed by atoms with Gasteiger partial charge < -0.3 is 10.2 Å². The fraction of sp³-hybridized carbons (Fsp3) is 1.00. The highest BCUT2D eigenvalue weighted by Crippen LogP contribution is 2.26. The summed E-state index contributed by atoms with van der Waals surface area (Å²) in [6.45, 7) is 0.572. The predicted molar refractivity (Wildman–Crippen MR) is 28.3 cm³/mol. The van der Waals surface area contributed by atoms with E-state index < -0.39 is 18.1 Å². The van der Waals surface area contributed by atoms with Gasteiger partial charge in [0, 0.05) is 0 Å². The number of halogens is 2. The van der Waals surface area contributed by atoms with Crippen LogP contribution < -0.4 is 0 Å². The molecule has 0 aliphatic carbocycles. The molecule has 9 heavy (non-hydrogen) atoms. The van der Waals surface area contributed by atoms with Crippen LogP contribution in [0.15, 0.2) is 0 Å². The Kier molecular flexibility index (Phi) is 2.14. The van der Waals surface area contributed by atoms with E-state index in [1.165, 1.54) is 0 Å². The maximum atomic E-state index is 12.2. The third-order valence-electron chi connectivity index (χ3n) is 1.09. The number of rotatable bonds is 2. The van der Waals surface area contributed by atoms with Gasteiger partial charge in [-0.1, -0.05) is 0 Å². The van der Waals surface area contributed by atoms with Crippen LogP contribution in [0, 0.1) is 0 Å². The second-order valence-electron chi connectivity index (χ2n) is 2.42. The standard InChI is InChI=1S/C5H10F2O2/c1-4(2,9)5(6,7)3-8/h8-9H,3H2,1-2H3. The van der Waals surface area contributed by atoms with E-state index in [2.05, 4.69) is 0 Å². The molecule has 56 valence electrons. The van der Waals surface area contributed by atoms with Crippen molar-refractivity contribution in [2.24, 2.45) is 0 Å². The lowest BCUT2D eigenvalue weighted by Gasteiger charge is -2.26. The Hall–Kier alpha value is -0.220. The van der Waals surface area contributed by atoms with Gasteiger partial charge in [-0.05, 0) is 13.8 Å². The Morgan fingerprint density at radius 2 is 1.67 bits per heavy atom. The highest BCUT2D eigenvalue weighted by Gasteiger charge is 2.44. The first-order chi connectivity index (χ1) is 3.81. The Morgan fingerprint density at radius 1 is 1.33 bits per heavy atom. The summed E-state index contributed by atoms with van der Waals surface area (Å²) in [5.41, 5.74) is -2.14. The van der Waals surface area contributed by atoms with Crippen molar-refractivity contribution in [3.05, 3.63) is 0 Å². The van der Waals surface area contributed by atoms with E-state index >= 15 is 0 Å². The Labute approximate surface area is 52.1 Å². The van der Waals surface area contributed by atoms with Gasteiger partial charge in [0.2, 0.25) is 0 Å². The molecule has 0 spiro atoms. The van der Waals surface area contributed by atoms with Gasteiger partial charge in [0.25, 0.3) is 5.92 Å². The molecule has 0 rings (SSSR count). The van der Waals surface area contributed by atoms with E-state index in [4.69, 9.17) is 10.2 Å². The maximum Gasteiger partial charge on any atom is 0.298 e. The molecule has 0 aliphatic rings. The van der Waals surface area contributed by atoms with Gasteiger partial charge in [0.05, 0.1) is 0 Å². The van der Waals surface area contributed by atoms with Crippen LogP contribution in [-0.4, -0.2) is 28.3 Å². The van der Waals surface area contributed by atoms with Crippen LogP contribution in [0.25, 0.3) is 0 Å². The Morgan fingerprint density at radius 3 is 1.67 bits per heavy atom. The van der Waals surface area contributed by atoms with Gasteiger partial charge in [-0.3, -0.25) is 0 Å². The molecule has 4 heteroatoms. The Balaban J connectivity index is 4.14. The maximum absolute atomic E-state index is 12.2. The zero-order valence-corrected chi connectivity index (χ0v) is 5.36.